The number of pyridine rings is 1. The SMILES string of the molecule is CCN(CC)S(=O)(=O)c1cc(C(=O)NCCc2ccccn2)ccc1Cl. The number of halogens is 1. The normalized spacial score (nSPS) is 11.5. The Hall–Kier alpha value is -1.96. The summed E-state index contributed by atoms with van der Waals surface area (Å²) in [6.07, 6.45) is 2.28. The molecule has 0 saturated heterocycles. The van der Waals surface area contributed by atoms with Gasteiger partial charge >= 0.3 is 0 Å². The molecule has 0 atom stereocenters. The minimum absolute atomic E-state index is 0.0553. The van der Waals surface area contributed by atoms with Crippen LogP contribution in [0.4, 0.5) is 0 Å². The number of aromatic nitrogens is 1. The molecule has 8 heteroatoms. The Labute approximate surface area is 159 Å². The van der Waals surface area contributed by atoms with Crippen molar-refractivity contribution in [3.05, 3.63) is 58.9 Å². The molecule has 1 heterocycles. The molecule has 6 nitrogen and oxygen atoms in total. The third-order valence-electron chi connectivity index (χ3n) is 3.91. The van der Waals surface area contributed by atoms with Gasteiger partial charge in [0, 0.05) is 43.5 Å². The highest BCUT2D eigenvalue weighted by molar-refractivity contribution is 7.89. The maximum Gasteiger partial charge on any atom is 0.251 e. The number of hydrogen-bond acceptors (Lipinski definition) is 4. The molecule has 2 aromatic rings. The van der Waals surface area contributed by atoms with E-state index >= 15 is 0 Å². The minimum Gasteiger partial charge on any atom is -0.352 e. The number of amides is 1. The van der Waals surface area contributed by atoms with Crippen molar-refractivity contribution >= 4 is 27.5 Å². The monoisotopic (exact) mass is 395 g/mol. The van der Waals surface area contributed by atoms with E-state index < -0.39 is 10.0 Å². The Morgan fingerprint density at radius 2 is 1.92 bits per heavy atom. The van der Waals surface area contributed by atoms with Gasteiger partial charge in [-0.05, 0) is 30.3 Å². The average Bonchev–Trinajstić information content (AvgIpc) is 2.63. The van der Waals surface area contributed by atoms with Crippen LogP contribution in [0.1, 0.15) is 29.9 Å². The van der Waals surface area contributed by atoms with Crippen LogP contribution < -0.4 is 5.32 Å². The molecule has 1 aromatic heterocycles. The third kappa shape index (κ3) is 4.81. The lowest BCUT2D eigenvalue weighted by Gasteiger charge is -2.19. The fraction of sp³-hybridized carbons (Fsp3) is 0.333. The molecule has 0 spiro atoms. The van der Waals surface area contributed by atoms with E-state index in [2.05, 4.69) is 10.3 Å². The van der Waals surface area contributed by atoms with Gasteiger partial charge in [0.15, 0.2) is 0 Å². The summed E-state index contributed by atoms with van der Waals surface area (Å²) in [6.45, 7) is 4.56. The van der Waals surface area contributed by atoms with E-state index in [1.54, 1.807) is 20.0 Å². The molecule has 26 heavy (non-hydrogen) atoms. The van der Waals surface area contributed by atoms with E-state index in [9.17, 15) is 13.2 Å². The number of carbonyl (C=O) groups excluding carboxylic acids is 1. The van der Waals surface area contributed by atoms with Crippen molar-refractivity contribution in [1.29, 1.82) is 0 Å². The molecule has 1 amide bonds. The van der Waals surface area contributed by atoms with E-state index in [0.29, 0.717) is 26.1 Å². The Kier molecular flexibility index (Phi) is 7.14. The van der Waals surface area contributed by atoms with Gasteiger partial charge in [0.05, 0.1) is 5.02 Å². The molecule has 0 fully saturated rings. The number of nitrogens with one attached hydrogen (secondary N) is 1. The van der Waals surface area contributed by atoms with Crippen LogP contribution in [0.3, 0.4) is 0 Å². The lowest BCUT2D eigenvalue weighted by Crippen LogP contribution is -2.31. The summed E-state index contributed by atoms with van der Waals surface area (Å²) >= 11 is 6.08. The van der Waals surface area contributed by atoms with Crippen LogP contribution in [0.5, 0.6) is 0 Å². The summed E-state index contributed by atoms with van der Waals surface area (Å²) in [7, 11) is -3.74. The van der Waals surface area contributed by atoms with Crippen molar-refractivity contribution in [3.63, 3.8) is 0 Å². The Morgan fingerprint density at radius 3 is 2.54 bits per heavy atom. The molecule has 0 aliphatic carbocycles. The fourth-order valence-corrected chi connectivity index (χ4v) is 4.46. The van der Waals surface area contributed by atoms with E-state index in [1.165, 1.54) is 22.5 Å². The standard InChI is InChI=1S/C18H22ClN3O3S/c1-3-22(4-2)26(24,25)17-13-14(8-9-16(17)19)18(23)21-12-10-15-7-5-6-11-20-15/h5-9,11,13H,3-4,10,12H2,1-2H3,(H,21,23). The van der Waals surface area contributed by atoms with Crippen LogP contribution in [-0.4, -0.2) is 43.2 Å². The Balaban J connectivity index is 2.14. The van der Waals surface area contributed by atoms with E-state index in [0.717, 1.165) is 5.69 Å². The highest BCUT2D eigenvalue weighted by atomic mass is 35.5. The fourth-order valence-electron chi connectivity index (χ4n) is 2.50. The number of rotatable bonds is 8. The average molecular weight is 396 g/mol. The lowest BCUT2D eigenvalue weighted by atomic mass is 10.2. The smallest absolute Gasteiger partial charge is 0.251 e. The van der Waals surface area contributed by atoms with Gasteiger partial charge in [-0.1, -0.05) is 31.5 Å². The second-order valence-corrected chi connectivity index (χ2v) is 7.88. The molecule has 140 valence electrons. The topological polar surface area (TPSA) is 79.4 Å². The molecular formula is C18H22ClN3O3S. The molecule has 0 radical (unpaired) electrons. The third-order valence-corrected chi connectivity index (χ3v) is 6.44. The molecule has 0 unspecified atom stereocenters. The van der Waals surface area contributed by atoms with Gasteiger partial charge in [0.25, 0.3) is 5.91 Å². The zero-order valence-corrected chi connectivity index (χ0v) is 16.3. The van der Waals surface area contributed by atoms with Crippen LogP contribution in [0.15, 0.2) is 47.5 Å². The van der Waals surface area contributed by atoms with Crippen molar-refractivity contribution < 1.29 is 13.2 Å². The van der Waals surface area contributed by atoms with Crippen molar-refractivity contribution in [2.45, 2.75) is 25.2 Å². The molecule has 1 N–H and O–H groups in total. The van der Waals surface area contributed by atoms with Gasteiger partial charge in [-0.2, -0.15) is 4.31 Å². The predicted molar refractivity (Wildman–Crippen MR) is 102 cm³/mol. The summed E-state index contributed by atoms with van der Waals surface area (Å²) in [5, 5.41) is 2.87. The zero-order valence-electron chi connectivity index (χ0n) is 14.8. The summed E-state index contributed by atoms with van der Waals surface area (Å²) in [4.78, 5) is 16.5. The van der Waals surface area contributed by atoms with Crippen LogP contribution in [0.2, 0.25) is 5.02 Å². The Bertz CT molecular complexity index is 853. The number of nitrogens with zero attached hydrogens (tertiary/aromatic N) is 2. The second kappa shape index (κ2) is 9.12. The van der Waals surface area contributed by atoms with Gasteiger partial charge < -0.3 is 5.32 Å². The van der Waals surface area contributed by atoms with E-state index in [-0.39, 0.29) is 21.4 Å². The van der Waals surface area contributed by atoms with Gasteiger partial charge in [-0.15, -0.1) is 0 Å². The van der Waals surface area contributed by atoms with Crippen molar-refractivity contribution in [2.75, 3.05) is 19.6 Å². The first kappa shape index (κ1) is 20.4. The predicted octanol–water partition coefficient (Wildman–Crippen LogP) is 2.74. The first-order valence-corrected chi connectivity index (χ1v) is 10.2. The van der Waals surface area contributed by atoms with Crippen LogP contribution in [0.25, 0.3) is 0 Å². The van der Waals surface area contributed by atoms with Gasteiger partial charge in [0.2, 0.25) is 10.0 Å². The van der Waals surface area contributed by atoms with Gasteiger partial charge in [-0.3, -0.25) is 9.78 Å². The summed E-state index contributed by atoms with van der Waals surface area (Å²) in [5.41, 5.74) is 1.12. The number of hydrogen-bond donors (Lipinski definition) is 1. The summed E-state index contributed by atoms with van der Waals surface area (Å²) in [6, 6.07) is 9.86. The summed E-state index contributed by atoms with van der Waals surface area (Å²) < 4.78 is 26.7. The zero-order chi connectivity index (χ0) is 19.2. The molecule has 0 aliphatic heterocycles. The quantitative estimate of drug-likeness (QED) is 0.745. The maximum absolute atomic E-state index is 12.7. The van der Waals surface area contributed by atoms with Gasteiger partial charge in [0.1, 0.15) is 4.90 Å². The molecule has 2 rings (SSSR count). The van der Waals surface area contributed by atoms with Crippen molar-refractivity contribution in [3.8, 4) is 0 Å². The lowest BCUT2D eigenvalue weighted by molar-refractivity contribution is 0.0954. The second-order valence-electron chi connectivity index (χ2n) is 5.56. The van der Waals surface area contributed by atoms with Crippen LogP contribution in [-0.2, 0) is 16.4 Å². The number of benzene rings is 1. The van der Waals surface area contributed by atoms with Crippen LogP contribution in [0, 0.1) is 0 Å². The minimum atomic E-state index is -3.74. The highest BCUT2D eigenvalue weighted by Gasteiger charge is 2.25. The first-order chi connectivity index (χ1) is 12.4. The molecule has 0 bridgehead atoms. The molecular weight excluding hydrogens is 374 g/mol. The van der Waals surface area contributed by atoms with Crippen molar-refractivity contribution in [1.82, 2.24) is 14.6 Å². The number of sulfonamides is 1. The molecule has 1 aromatic carbocycles. The van der Waals surface area contributed by atoms with E-state index in [1.807, 2.05) is 18.2 Å². The molecule has 0 saturated carbocycles. The first-order valence-electron chi connectivity index (χ1n) is 8.38. The Morgan fingerprint density at radius 1 is 1.19 bits per heavy atom. The molecule has 0 aliphatic rings. The largest absolute Gasteiger partial charge is 0.352 e. The summed E-state index contributed by atoms with van der Waals surface area (Å²) in [5.74, 6) is -0.353. The number of carbonyl (C=O) groups is 1. The van der Waals surface area contributed by atoms with Crippen molar-refractivity contribution in [2.24, 2.45) is 0 Å². The van der Waals surface area contributed by atoms with E-state index in [4.69, 9.17) is 11.6 Å². The van der Waals surface area contributed by atoms with Crippen LogP contribution >= 0.6 is 11.6 Å². The highest BCUT2D eigenvalue weighted by Crippen LogP contribution is 2.25. The van der Waals surface area contributed by atoms with Gasteiger partial charge in [-0.25, -0.2) is 8.42 Å². The maximum atomic E-state index is 12.7.